The number of likely N-dealkylation sites (tertiary alicyclic amines) is 1. The van der Waals surface area contributed by atoms with E-state index < -0.39 is 12.1 Å². The molecule has 1 aliphatic rings. The van der Waals surface area contributed by atoms with E-state index in [4.69, 9.17) is 0 Å². The predicted molar refractivity (Wildman–Crippen MR) is 55.1 cm³/mol. The van der Waals surface area contributed by atoms with Crippen LogP contribution in [0, 0.1) is 5.92 Å². The monoisotopic (exact) mass is 237 g/mol. The van der Waals surface area contributed by atoms with Crippen LogP contribution in [-0.2, 0) is 4.79 Å². The van der Waals surface area contributed by atoms with E-state index in [2.05, 4.69) is 0 Å². The van der Waals surface area contributed by atoms with Crippen molar-refractivity contribution in [2.45, 2.75) is 38.8 Å². The van der Waals surface area contributed by atoms with Gasteiger partial charge in [0.15, 0.2) is 0 Å². The first-order valence-corrected chi connectivity index (χ1v) is 5.68. The summed E-state index contributed by atoms with van der Waals surface area (Å²) in [5.74, 6) is -0.985. The number of rotatable bonds is 4. The van der Waals surface area contributed by atoms with E-state index in [0.29, 0.717) is 19.5 Å². The van der Waals surface area contributed by atoms with Gasteiger partial charge >= 0.3 is 6.18 Å². The Labute approximate surface area is 93.8 Å². The maximum atomic E-state index is 12.4. The van der Waals surface area contributed by atoms with E-state index >= 15 is 0 Å². The molecule has 0 bridgehead atoms. The lowest BCUT2D eigenvalue weighted by Crippen LogP contribution is -2.39. The van der Waals surface area contributed by atoms with Gasteiger partial charge in [-0.3, -0.25) is 0 Å². The zero-order chi connectivity index (χ0) is 12.2. The number of halogens is 3. The molecule has 94 valence electrons. The second-order valence-electron chi connectivity index (χ2n) is 4.46. The average Bonchev–Trinajstić information content (AvgIpc) is 2.16. The van der Waals surface area contributed by atoms with Crippen molar-refractivity contribution in [1.82, 2.24) is 4.90 Å². The first-order valence-electron chi connectivity index (χ1n) is 5.68. The standard InChI is InChI=1S/C11H18F3NO/c1-9(16)3-2-6-15-7-4-10(5-8-15)11(12,13)14/h10H,2-8H2,1H3. The highest BCUT2D eigenvalue weighted by atomic mass is 19.4. The maximum Gasteiger partial charge on any atom is 0.391 e. The molecule has 2 nitrogen and oxygen atoms in total. The van der Waals surface area contributed by atoms with Crippen LogP contribution in [0.5, 0.6) is 0 Å². The summed E-state index contributed by atoms with van der Waals surface area (Å²) in [6.45, 7) is 3.28. The number of hydrogen-bond acceptors (Lipinski definition) is 2. The van der Waals surface area contributed by atoms with Crippen LogP contribution in [0.15, 0.2) is 0 Å². The Balaban J connectivity index is 2.19. The van der Waals surface area contributed by atoms with E-state index in [1.165, 1.54) is 6.92 Å². The SMILES string of the molecule is CC(=O)CCCN1CCC(C(F)(F)F)CC1. The van der Waals surface area contributed by atoms with Crippen molar-refractivity contribution in [3.63, 3.8) is 0 Å². The zero-order valence-electron chi connectivity index (χ0n) is 9.52. The molecule has 1 fully saturated rings. The topological polar surface area (TPSA) is 20.3 Å². The molecule has 0 unspecified atom stereocenters. The lowest BCUT2D eigenvalue weighted by atomic mass is 9.96. The molecule has 16 heavy (non-hydrogen) atoms. The van der Waals surface area contributed by atoms with Crippen LogP contribution in [0.3, 0.4) is 0 Å². The minimum absolute atomic E-state index is 0.144. The lowest BCUT2D eigenvalue weighted by Gasteiger charge is -2.32. The maximum absolute atomic E-state index is 12.4. The van der Waals surface area contributed by atoms with Gasteiger partial charge < -0.3 is 9.69 Å². The number of piperidine rings is 1. The largest absolute Gasteiger partial charge is 0.391 e. The lowest BCUT2D eigenvalue weighted by molar-refractivity contribution is -0.185. The van der Waals surface area contributed by atoms with Gasteiger partial charge in [0.25, 0.3) is 0 Å². The number of carbonyl (C=O) groups is 1. The smallest absolute Gasteiger partial charge is 0.303 e. The van der Waals surface area contributed by atoms with Crippen molar-refractivity contribution >= 4 is 5.78 Å². The number of Topliss-reactive ketones (excluding diaryl/α,β-unsaturated/α-hetero) is 1. The second kappa shape index (κ2) is 5.66. The summed E-state index contributed by atoms with van der Waals surface area (Å²) in [7, 11) is 0. The molecule has 0 radical (unpaired) electrons. The fraction of sp³-hybridized carbons (Fsp3) is 0.909. The first kappa shape index (κ1) is 13.5. The van der Waals surface area contributed by atoms with Gasteiger partial charge in [0, 0.05) is 6.42 Å². The number of carbonyl (C=O) groups excluding carboxylic acids is 1. The third kappa shape index (κ3) is 4.51. The molecule has 0 aromatic carbocycles. The molecule has 0 spiro atoms. The molecule has 1 saturated heterocycles. The Morgan fingerprint density at radius 1 is 1.31 bits per heavy atom. The molecule has 1 heterocycles. The second-order valence-corrected chi connectivity index (χ2v) is 4.46. The molecule has 0 aromatic rings. The molecular weight excluding hydrogens is 219 g/mol. The van der Waals surface area contributed by atoms with Gasteiger partial charge in [0.2, 0.25) is 0 Å². The average molecular weight is 237 g/mol. The predicted octanol–water partition coefficient (Wildman–Crippen LogP) is 2.63. The summed E-state index contributed by atoms with van der Waals surface area (Å²) in [5.41, 5.74) is 0. The van der Waals surface area contributed by atoms with Gasteiger partial charge in [-0.05, 0) is 45.8 Å². The number of nitrogens with zero attached hydrogens (tertiary/aromatic N) is 1. The summed E-state index contributed by atoms with van der Waals surface area (Å²) in [6, 6.07) is 0. The van der Waals surface area contributed by atoms with Crippen LogP contribution >= 0.6 is 0 Å². The van der Waals surface area contributed by atoms with Crippen molar-refractivity contribution in [2.24, 2.45) is 5.92 Å². The molecule has 0 aromatic heterocycles. The van der Waals surface area contributed by atoms with E-state index in [1.807, 2.05) is 4.90 Å². The Bertz CT molecular complexity index is 232. The van der Waals surface area contributed by atoms with Gasteiger partial charge in [-0.15, -0.1) is 0 Å². The van der Waals surface area contributed by atoms with Crippen molar-refractivity contribution in [2.75, 3.05) is 19.6 Å². The van der Waals surface area contributed by atoms with Crippen LogP contribution in [0.1, 0.15) is 32.6 Å². The van der Waals surface area contributed by atoms with E-state index in [-0.39, 0.29) is 18.6 Å². The first-order chi connectivity index (χ1) is 7.39. The molecular formula is C11H18F3NO. The minimum atomic E-state index is -4.04. The number of hydrogen-bond donors (Lipinski definition) is 0. The number of alkyl halides is 3. The highest BCUT2D eigenvalue weighted by molar-refractivity contribution is 5.75. The summed E-state index contributed by atoms with van der Waals surface area (Å²) in [6.07, 6.45) is -2.36. The third-order valence-corrected chi connectivity index (χ3v) is 3.05. The van der Waals surface area contributed by atoms with Crippen molar-refractivity contribution in [3.8, 4) is 0 Å². The van der Waals surface area contributed by atoms with E-state index in [0.717, 1.165) is 13.0 Å². The fourth-order valence-corrected chi connectivity index (χ4v) is 2.04. The quantitative estimate of drug-likeness (QED) is 0.749. The van der Waals surface area contributed by atoms with Crippen LogP contribution in [-0.4, -0.2) is 36.5 Å². The van der Waals surface area contributed by atoms with Gasteiger partial charge in [0.05, 0.1) is 5.92 Å². The zero-order valence-corrected chi connectivity index (χ0v) is 9.52. The molecule has 5 heteroatoms. The molecule has 0 N–H and O–H groups in total. The van der Waals surface area contributed by atoms with E-state index in [1.54, 1.807) is 0 Å². The van der Waals surface area contributed by atoms with Gasteiger partial charge in [-0.25, -0.2) is 0 Å². The van der Waals surface area contributed by atoms with Gasteiger partial charge in [-0.1, -0.05) is 0 Å². The Morgan fingerprint density at radius 2 is 1.88 bits per heavy atom. The van der Waals surface area contributed by atoms with Gasteiger partial charge in [0.1, 0.15) is 5.78 Å². The minimum Gasteiger partial charge on any atom is -0.303 e. The molecule has 0 amide bonds. The molecule has 0 atom stereocenters. The van der Waals surface area contributed by atoms with Crippen LogP contribution in [0.2, 0.25) is 0 Å². The van der Waals surface area contributed by atoms with E-state index in [9.17, 15) is 18.0 Å². The molecule has 1 rings (SSSR count). The summed E-state index contributed by atoms with van der Waals surface area (Å²) in [4.78, 5) is 12.7. The molecule has 0 saturated carbocycles. The van der Waals surface area contributed by atoms with Crippen LogP contribution < -0.4 is 0 Å². The normalized spacial score (nSPS) is 20.0. The molecule has 1 aliphatic heterocycles. The Kier molecular flexibility index (Phi) is 4.77. The number of ketones is 1. The van der Waals surface area contributed by atoms with Crippen LogP contribution in [0.4, 0.5) is 13.2 Å². The Morgan fingerprint density at radius 3 is 2.31 bits per heavy atom. The highest BCUT2D eigenvalue weighted by Gasteiger charge is 2.40. The summed E-state index contributed by atoms with van der Waals surface area (Å²) in [5, 5.41) is 0. The summed E-state index contributed by atoms with van der Waals surface area (Å²) < 4.78 is 37.1. The third-order valence-electron chi connectivity index (χ3n) is 3.05. The van der Waals surface area contributed by atoms with Crippen molar-refractivity contribution < 1.29 is 18.0 Å². The van der Waals surface area contributed by atoms with Gasteiger partial charge in [-0.2, -0.15) is 13.2 Å². The van der Waals surface area contributed by atoms with Crippen molar-refractivity contribution in [1.29, 1.82) is 0 Å². The highest BCUT2D eigenvalue weighted by Crippen LogP contribution is 2.33. The molecule has 0 aliphatic carbocycles. The fourth-order valence-electron chi connectivity index (χ4n) is 2.04. The van der Waals surface area contributed by atoms with Crippen molar-refractivity contribution in [3.05, 3.63) is 0 Å². The van der Waals surface area contributed by atoms with Crippen LogP contribution in [0.25, 0.3) is 0 Å². The Hall–Kier alpha value is -0.580. The summed E-state index contributed by atoms with van der Waals surface area (Å²) >= 11 is 0.